The van der Waals surface area contributed by atoms with Crippen LogP contribution in [0.3, 0.4) is 0 Å². The molecule has 0 aromatic heterocycles. The van der Waals surface area contributed by atoms with E-state index in [0.29, 0.717) is 0 Å². The topological polar surface area (TPSA) is 76.0 Å². The van der Waals surface area contributed by atoms with Gasteiger partial charge < -0.3 is 14.9 Å². The first kappa shape index (κ1) is 7.41. The van der Waals surface area contributed by atoms with Gasteiger partial charge in [0.2, 0.25) is 0 Å². The highest BCUT2D eigenvalue weighted by Crippen LogP contribution is 1.78. The summed E-state index contributed by atoms with van der Waals surface area (Å²) in [6, 6.07) is 0. The normalized spacial score (nSPS) is 8.38. The third-order valence-corrected chi connectivity index (χ3v) is 0.252. The molecule has 0 aromatic carbocycles. The van der Waals surface area contributed by atoms with Crippen LogP contribution in [0, 0.1) is 0 Å². The molecule has 6 heteroatoms. The molecule has 0 saturated heterocycles. The molecule has 0 rings (SSSR count). The Morgan fingerprint density at radius 3 is 2.25 bits per heavy atom. The first-order valence-corrected chi connectivity index (χ1v) is 1.83. The van der Waals surface area contributed by atoms with Gasteiger partial charge in [0.05, 0.1) is 0 Å². The fraction of sp³-hybridized carbons (Fsp3) is 0.500. The van der Waals surface area contributed by atoms with Crippen molar-refractivity contribution in [1.82, 2.24) is 0 Å². The van der Waals surface area contributed by atoms with Crippen molar-refractivity contribution in [2.75, 3.05) is 0 Å². The standard InChI is InChI=1S/C2H5BO5/c1-2(4)7-8-3(5)6/h5-6H,1H3. The lowest BCUT2D eigenvalue weighted by molar-refractivity contribution is -0.227. The molecule has 0 spiro atoms. The van der Waals surface area contributed by atoms with Crippen molar-refractivity contribution in [2.24, 2.45) is 0 Å². The van der Waals surface area contributed by atoms with E-state index in [1.165, 1.54) is 0 Å². The second-order valence-electron chi connectivity index (χ2n) is 0.997. The summed E-state index contributed by atoms with van der Waals surface area (Å²) in [5, 5.41) is 15.7. The zero-order valence-corrected chi connectivity index (χ0v) is 4.20. The highest BCUT2D eigenvalue weighted by Gasteiger charge is 2.10. The van der Waals surface area contributed by atoms with E-state index in [-0.39, 0.29) is 0 Å². The predicted octanol–water partition coefficient (Wildman–Crippen LogP) is -1.55. The van der Waals surface area contributed by atoms with E-state index in [1.54, 1.807) is 0 Å². The van der Waals surface area contributed by atoms with Crippen LogP contribution in [0.1, 0.15) is 6.92 Å². The van der Waals surface area contributed by atoms with Gasteiger partial charge in [-0.1, -0.05) is 0 Å². The molecule has 8 heavy (non-hydrogen) atoms. The van der Waals surface area contributed by atoms with Crippen molar-refractivity contribution < 1.29 is 24.5 Å². The van der Waals surface area contributed by atoms with E-state index in [2.05, 4.69) is 9.69 Å². The van der Waals surface area contributed by atoms with Crippen LogP contribution < -0.4 is 0 Å². The van der Waals surface area contributed by atoms with Crippen LogP contribution in [0.25, 0.3) is 0 Å². The molecule has 0 unspecified atom stereocenters. The lowest BCUT2D eigenvalue weighted by atomic mass is 10.3. The molecule has 0 fully saturated rings. The van der Waals surface area contributed by atoms with Gasteiger partial charge in [0.15, 0.2) is 0 Å². The summed E-state index contributed by atoms with van der Waals surface area (Å²) in [6.07, 6.45) is 0. The SMILES string of the molecule is CC(=O)OOB(O)O. The molecule has 46 valence electrons. The van der Waals surface area contributed by atoms with E-state index in [4.69, 9.17) is 10.0 Å². The van der Waals surface area contributed by atoms with Gasteiger partial charge in [0.1, 0.15) is 0 Å². The van der Waals surface area contributed by atoms with E-state index < -0.39 is 13.3 Å². The van der Waals surface area contributed by atoms with E-state index >= 15 is 0 Å². The van der Waals surface area contributed by atoms with Crippen molar-refractivity contribution >= 4 is 13.3 Å². The number of carbonyl (C=O) groups is 1. The minimum atomic E-state index is -2.06. The quantitative estimate of drug-likeness (QED) is 0.262. The zero-order valence-electron chi connectivity index (χ0n) is 4.20. The van der Waals surface area contributed by atoms with Crippen molar-refractivity contribution in [3.8, 4) is 0 Å². The van der Waals surface area contributed by atoms with Gasteiger partial charge in [-0.15, -0.1) is 0 Å². The minimum absolute atomic E-state index is 0.738. The van der Waals surface area contributed by atoms with Crippen LogP contribution in [-0.4, -0.2) is 23.3 Å². The molecule has 0 amide bonds. The molecule has 0 aliphatic carbocycles. The molecule has 0 heterocycles. The molecular weight excluding hydrogens is 115 g/mol. The fourth-order valence-electron chi connectivity index (χ4n) is 0.111. The first-order chi connectivity index (χ1) is 3.63. The summed E-state index contributed by atoms with van der Waals surface area (Å²) in [7, 11) is -2.06. The molecule has 5 nitrogen and oxygen atoms in total. The first-order valence-electron chi connectivity index (χ1n) is 1.83. The summed E-state index contributed by atoms with van der Waals surface area (Å²) in [5.74, 6) is -0.738. The number of hydrogen-bond acceptors (Lipinski definition) is 5. The minimum Gasteiger partial charge on any atom is -0.400 e. The molecule has 0 radical (unpaired) electrons. The monoisotopic (exact) mass is 120 g/mol. The van der Waals surface area contributed by atoms with E-state index in [9.17, 15) is 4.79 Å². The van der Waals surface area contributed by atoms with Crippen LogP contribution in [0.4, 0.5) is 0 Å². The van der Waals surface area contributed by atoms with E-state index in [0.717, 1.165) is 6.92 Å². The highest BCUT2D eigenvalue weighted by atomic mass is 17.2. The van der Waals surface area contributed by atoms with Crippen LogP contribution in [0.5, 0.6) is 0 Å². The maximum absolute atomic E-state index is 9.78. The lowest BCUT2D eigenvalue weighted by Gasteiger charge is -1.95. The Balaban J connectivity index is 3.05. The van der Waals surface area contributed by atoms with Crippen molar-refractivity contribution in [2.45, 2.75) is 6.92 Å². The zero-order chi connectivity index (χ0) is 6.57. The maximum atomic E-state index is 9.78. The fourth-order valence-corrected chi connectivity index (χ4v) is 0.111. The number of rotatable bonds is 2. The molecule has 0 aromatic rings. The molecular formula is C2H5BO5. The van der Waals surface area contributed by atoms with Gasteiger partial charge in [-0.2, -0.15) is 4.81 Å². The summed E-state index contributed by atoms with van der Waals surface area (Å²) in [4.78, 5) is 17.0. The average molecular weight is 120 g/mol. The molecule has 0 saturated carbocycles. The molecule has 0 aliphatic rings. The largest absolute Gasteiger partial charge is 0.673 e. The van der Waals surface area contributed by atoms with Gasteiger partial charge >= 0.3 is 13.3 Å². The van der Waals surface area contributed by atoms with Crippen LogP contribution >= 0.6 is 0 Å². The average Bonchev–Trinajstić information content (AvgIpc) is 1.61. The predicted molar refractivity (Wildman–Crippen MR) is 23.0 cm³/mol. The van der Waals surface area contributed by atoms with Crippen molar-refractivity contribution in [3.63, 3.8) is 0 Å². The third-order valence-electron chi connectivity index (χ3n) is 0.252. The lowest BCUT2D eigenvalue weighted by Crippen LogP contribution is -2.18. The smallest absolute Gasteiger partial charge is 0.400 e. The summed E-state index contributed by atoms with van der Waals surface area (Å²) < 4.78 is 0. The Morgan fingerprint density at radius 2 is 2.12 bits per heavy atom. The van der Waals surface area contributed by atoms with Crippen molar-refractivity contribution in [3.05, 3.63) is 0 Å². The Bertz CT molecular complexity index is 80.5. The van der Waals surface area contributed by atoms with Crippen molar-refractivity contribution in [1.29, 1.82) is 0 Å². The van der Waals surface area contributed by atoms with Gasteiger partial charge in [-0.25, -0.2) is 4.79 Å². The van der Waals surface area contributed by atoms with Gasteiger partial charge in [0, 0.05) is 6.92 Å². The van der Waals surface area contributed by atoms with Gasteiger partial charge in [-0.3, -0.25) is 0 Å². The summed E-state index contributed by atoms with van der Waals surface area (Å²) >= 11 is 0. The molecule has 0 atom stereocenters. The molecule has 0 bridgehead atoms. The maximum Gasteiger partial charge on any atom is 0.673 e. The Morgan fingerprint density at radius 1 is 1.62 bits per heavy atom. The van der Waals surface area contributed by atoms with Crippen LogP contribution in [0.2, 0.25) is 0 Å². The van der Waals surface area contributed by atoms with Crippen LogP contribution in [0.15, 0.2) is 0 Å². The molecule has 0 aliphatic heterocycles. The summed E-state index contributed by atoms with van der Waals surface area (Å²) in [5.41, 5.74) is 0. The highest BCUT2D eigenvalue weighted by molar-refractivity contribution is 6.32. The number of hydrogen-bond donors (Lipinski definition) is 2. The van der Waals surface area contributed by atoms with E-state index in [1.807, 2.05) is 0 Å². The Labute approximate surface area is 45.9 Å². The molecule has 2 N–H and O–H groups in total. The van der Waals surface area contributed by atoms with Gasteiger partial charge in [-0.05, 0) is 0 Å². The second kappa shape index (κ2) is 3.42. The Kier molecular flexibility index (Phi) is 3.17. The number of carbonyl (C=O) groups excluding carboxylic acids is 1. The Hall–Kier alpha value is -0.585. The van der Waals surface area contributed by atoms with Gasteiger partial charge in [0.25, 0.3) is 0 Å². The summed E-state index contributed by atoms with van der Waals surface area (Å²) in [6.45, 7) is 1.07. The van der Waals surface area contributed by atoms with Crippen LogP contribution in [-0.2, 0) is 14.5 Å². The second-order valence-corrected chi connectivity index (χ2v) is 0.997. The third kappa shape index (κ3) is 5.41.